The van der Waals surface area contributed by atoms with Gasteiger partial charge >= 0.3 is 0 Å². The zero-order chi connectivity index (χ0) is 15.4. The van der Waals surface area contributed by atoms with Crippen molar-refractivity contribution < 1.29 is 13.5 Å². The molecular weight excluding hydrogens is 296 g/mol. The quantitative estimate of drug-likeness (QED) is 0.879. The Hall–Kier alpha value is -1.65. The van der Waals surface area contributed by atoms with Gasteiger partial charge < -0.3 is 10.1 Å². The van der Waals surface area contributed by atoms with Gasteiger partial charge in [-0.15, -0.1) is 0 Å². The van der Waals surface area contributed by atoms with Crippen LogP contribution in [0.3, 0.4) is 0 Å². The predicted octanol–water partition coefficient (Wildman–Crippen LogP) is 4.48. The Morgan fingerprint density at radius 1 is 1.14 bits per heavy atom. The molecular formula is C16H16ClF2NO. The number of ether oxygens (including phenoxy) is 1. The molecule has 0 aliphatic rings. The van der Waals surface area contributed by atoms with Gasteiger partial charge in [0.2, 0.25) is 0 Å². The highest BCUT2D eigenvalue weighted by Gasteiger charge is 2.12. The van der Waals surface area contributed by atoms with E-state index in [1.807, 2.05) is 14.0 Å². The zero-order valence-corrected chi connectivity index (χ0v) is 12.5. The third-order valence-corrected chi connectivity index (χ3v) is 3.63. The number of halogens is 3. The van der Waals surface area contributed by atoms with E-state index in [0.717, 1.165) is 5.56 Å². The minimum absolute atomic E-state index is 0.0179. The van der Waals surface area contributed by atoms with Crippen molar-refractivity contribution in [1.82, 2.24) is 5.32 Å². The Balaban J connectivity index is 2.21. The van der Waals surface area contributed by atoms with Crippen molar-refractivity contribution in [1.29, 1.82) is 0 Å². The van der Waals surface area contributed by atoms with Crippen molar-refractivity contribution in [2.24, 2.45) is 0 Å². The molecule has 0 aromatic heterocycles. The summed E-state index contributed by atoms with van der Waals surface area (Å²) < 4.78 is 32.1. The SMILES string of the molecule is CNC(C)c1ccc(F)cc1OCc1ccc(F)cc1Cl. The molecule has 2 nitrogen and oxygen atoms in total. The first-order valence-electron chi connectivity index (χ1n) is 6.54. The lowest BCUT2D eigenvalue weighted by Gasteiger charge is -2.17. The molecule has 0 amide bonds. The lowest BCUT2D eigenvalue weighted by Crippen LogP contribution is -2.14. The molecule has 2 aromatic carbocycles. The molecule has 2 aromatic rings. The standard InChI is InChI=1S/C16H16ClF2NO/c1-10(20-2)14-6-5-13(19)8-16(14)21-9-11-3-4-12(18)7-15(11)17/h3-8,10,20H,9H2,1-2H3. The fourth-order valence-corrected chi connectivity index (χ4v) is 2.16. The zero-order valence-electron chi connectivity index (χ0n) is 11.8. The van der Waals surface area contributed by atoms with E-state index >= 15 is 0 Å². The van der Waals surface area contributed by atoms with E-state index in [0.29, 0.717) is 11.3 Å². The van der Waals surface area contributed by atoms with Crippen LogP contribution in [0.2, 0.25) is 5.02 Å². The highest BCUT2D eigenvalue weighted by molar-refractivity contribution is 6.31. The van der Waals surface area contributed by atoms with Crippen molar-refractivity contribution in [3.63, 3.8) is 0 Å². The van der Waals surface area contributed by atoms with Crippen LogP contribution in [-0.2, 0) is 6.61 Å². The second-order valence-electron chi connectivity index (χ2n) is 4.72. The van der Waals surface area contributed by atoms with Gasteiger partial charge in [0, 0.05) is 23.2 Å². The predicted molar refractivity (Wildman–Crippen MR) is 79.6 cm³/mol. The first kappa shape index (κ1) is 15.7. The fourth-order valence-electron chi connectivity index (χ4n) is 1.94. The summed E-state index contributed by atoms with van der Waals surface area (Å²) in [5.74, 6) is -0.335. The summed E-state index contributed by atoms with van der Waals surface area (Å²) in [6.45, 7) is 2.09. The van der Waals surface area contributed by atoms with Crippen LogP contribution >= 0.6 is 11.6 Å². The number of nitrogens with one attached hydrogen (secondary N) is 1. The monoisotopic (exact) mass is 311 g/mol. The second-order valence-corrected chi connectivity index (χ2v) is 5.12. The van der Waals surface area contributed by atoms with Crippen molar-refractivity contribution >= 4 is 11.6 Å². The Bertz CT molecular complexity index is 634. The molecule has 1 atom stereocenters. The Morgan fingerprint density at radius 3 is 2.48 bits per heavy atom. The third-order valence-electron chi connectivity index (χ3n) is 3.27. The van der Waals surface area contributed by atoms with Crippen molar-refractivity contribution in [3.8, 4) is 5.75 Å². The molecule has 0 radical (unpaired) electrons. The van der Waals surface area contributed by atoms with E-state index < -0.39 is 5.82 Å². The van der Waals surface area contributed by atoms with Crippen LogP contribution in [0.1, 0.15) is 24.1 Å². The summed E-state index contributed by atoms with van der Waals surface area (Å²) in [4.78, 5) is 0. The Labute approximate surface area is 127 Å². The van der Waals surface area contributed by atoms with E-state index in [1.54, 1.807) is 12.1 Å². The molecule has 112 valence electrons. The second kappa shape index (κ2) is 6.87. The van der Waals surface area contributed by atoms with Crippen LogP contribution in [-0.4, -0.2) is 7.05 Å². The average Bonchev–Trinajstić information content (AvgIpc) is 2.45. The molecule has 0 saturated carbocycles. The van der Waals surface area contributed by atoms with Gasteiger partial charge in [-0.1, -0.05) is 23.7 Å². The minimum Gasteiger partial charge on any atom is -0.488 e. The molecule has 0 aliphatic carbocycles. The van der Waals surface area contributed by atoms with Gasteiger partial charge in [0.05, 0.1) is 5.02 Å². The van der Waals surface area contributed by atoms with Gasteiger partial charge in [0.15, 0.2) is 0 Å². The normalized spacial score (nSPS) is 12.2. The summed E-state index contributed by atoms with van der Waals surface area (Å²) in [7, 11) is 1.81. The maximum absolute atomic E-state index is 13.4. The minimum atomic E-state index is -0.404. The summed E-state index contributed by atoms with van der Waals surface area (Å²) in [5.41, 5.74) is 1.49. The highest BCUT2D eigenvalue weighted by Crippen LogP contribution is 2.27. The van der Waals surface area contributed by atoms with Gasteiger partial charge in [-0.05, 0) is 32.2 Å². The van der Waals surface area contributed by atoms with Gasteiger partial charge in [0.1, 0.15) is 24.0 Å². The maximum atomic E-state index is 13.4. The Morgan fingerprint density at radius 2 is 1.81 bits per heavy atom. The first-order chi connectivity index (χ1) is 10.0. The lowest BCUT2D eigenvalue weighted by atomic mass is 10.1. The topological polar surface area (TPSA) is 21.3 Å². The average molecular weight is 312 g/mol. The van der Waals surface area contributed by atoms with Gasteiger partial charge in [-0.2, -0.15) is 0 Å². The van der Waals surface area contributed by atoms with E-state index in [1.165, 1.54) is 24.3 Å². The van der Waals surface area contributed by atoms with E-state index in [-0.39, 0.29) is 23.5 Å². The highest BCUT2D eigenvalue weighted by atomic mass is 35.5. The number of benzene rings is 2. The Kier molecular flexibility index (Phi) is 5.15. The molecule has 0 heterocycles. The van der Waals surface area contributed by atoms with E-state index in [9.17, 15) is 8.78 Å². The number of hydrogen-bond acceptors (Lipinski definition) is 2. The third kappa shape index (κ3) is 3.93. The number of hydrogen-bond donors (Lipinski definition) is 1. The van der Waals surface area contributed by atoms with Crippen LogP contribution in [0.5, 0.6) is 5.75 Å². The van der Waals surface area contributed by atoms with E-state index in [4.69, 9.17) is 16.3 Å². The summed E-state index contributed by atoms with van der Waals surface area (Å²) in [6, 6.07) is 8.51. The van der Waals surface area contributed by atoms with Gasteiger partial charge in [-0.3, -0.25) is 0 Å². The van der Waals surface area contributed by atoms with Crippen molar-refractivity contribution in [2.45, 2.75) is 19.6 Å². The largest absolute Gasteiger partial charge is 0.488 e. The van der Waals surface area contributed by atoms with Crippen molar-refractivity contribution in [2.75, 3.05) is 7.05 Å². The van der Waals surface area contributed by atoms with Crippen LogP contribution in [0, 0.1) is 11.6 Å². The molecule has 21 heavy (non-hydrogen) atoms. The molecule has 0 aliphatic heterocycles. The number of rotatable bonds is 5. The van der Waals surface area contributed by atoms with Gasteiger partial charge in [0.25, 0.3) is 0 Å². The molecule has 0 saturated heterocycles. The van der Waals surface area contributed by atoms with Crippen LogP contribution in [0.4, 0.5) is 8.78 Å². The molecule has 0 spiro atoms. The fraction of sp³-hybridized carbons (Fsp3) is 0.250. The summed E-state index contributed by atoms with van der Waals surface area (Å²) in [6.07, 6.45) is 0. The first-order valence-corrected chi connectivity index (χ1v) is 6.92. The van der Waals surface area contributed by atoms with Crippen LogP contribution in [0.25, 0.3) is 0 Å². The van der Waals surface area contributed by atoms with Crippen LogP contribution < -0.4 is 10.1 Å². The summed E-state index contributed by atoms with van der Waals surface area (Å²) >= 11 is 5.95. The molecule has 1 N–H and O–H groups in total. The maximum Gasteiger partial charge on any atom is 0.127 e. The van der Waals surface area contributed by atoms with Crippen molar-refractivity contribution in [3.05, 3.63) is 64.2 Å². The molecule has 0 bridgehead atoms. The van der Waals surface area contributed by atoms with E-state index in [2.05, 4.69) is 5.32 Å². The molecule has 2 rings (SSSR count). The molecule has 5 heteroatoms. The van der Waals surface area contributed by atoms with Crippen LogP contribution in [0.15, 0.2) is 36.4 Å². The molecule has 1 unspecified atom stereocenters. The lowest BCUT2D eigenvalue weighted by molar-refractivity contribution is 0.298. The van der Waals surface area contributed by atoms with Gasteiger partial charge in [-0.25, -0.2) is 8.78 Å². The summed E-state index contributed by atoms with van der Waals surface area (Å²) in [5, 5.41) is 3.37. The smallest absolute Gasteiger partial charge is 0.127 e. The molecule has 0 fully saturated rings.